The van der Waals surface area contributed by atoms with Gasteiger partial charge in [-0.15, -0.1) is 17.0 Å². The molecule has 2 amide bonds. The third kappa shape index (κ3) is 8.55. The van der Waals surface area contributed by atoms with Gasteiger partial charge in [-0.1, -0.05) is 32.8 Å². The molecule has 0 spiro atoms. The summed E-state index contributed by atoms with van der Waals surface area (Å²) in [5, 5.41) is 15.0. The van der Waals surface area contributed by atoms with E-state index in [1.165, 1.54) is 25.7 Å². The molecule has 0 bridgehead atoms. The van der Waals surface area contributed by atoms with Crippen LogP contribution < -0.4 is 10.6 Å². The molecule has 0 saturated heterocycles. The van der Waals surface area contributed by atoms with Gasteiger partial charge in [-0.25, -0.2) is 4.79 Å². The summed E-state index contributed by atoms with van der Waals surface area (Å²) in [6, 6.07) is 5.08. The number of carbonyl (C=O) groups is 1. The third-order valence-corrected chi connectivity index (χ3v) is 3.91. The van der Waals surface area contributed by atoms with E-state index < -0.39 is 0 Å². The molecular weight excluding hydrogens is 370 g/mol. The first-order chi connectivity index (χ1) is 11.1. The number of anilines is 1. The maximum absolute atomic E-state index is 11.4. The molecule has 0 heterocycles. The number of hydrogen-bond acceptors (Lipinski definition) is 3. The molecule has 0 aliphatic carbocycles. The maximum atomic E-state index is 11.4. The first kappa shape index (κ1) is 22.7. The van der Waals surface area contributed by atoms with Crippen molar-refractivity contribution in [2.75, 3.05) is 32.0 Å². The summed E-state index contributed by atoms with van der Waals surface area (Å²) in [6.07, 6.45) is 5.78. The molecule has 0 saturated carbocycles. The molecule has 0 unspecified atom stereocenters. The minimum absolute atomic E-state index is 0. The Hall–Kier alpha value is -1.27. The highest BCUT2D eigenvalue weighted by Gasteiger charge is 2.08. The smallest absolute Gasteiger partial charge is 0.319 e. The maximum Gasteiger partial charge on any atom is 0.319 e. The molecule has 1 rings (SSSR count). The number of carbonyl (C=O) groups excluding carboxylic acids is 1. The highest BCUT2D eigenvalue weighted by molar-refractivity contribution is 8.93. The number of nitrogens with one attached hydrogen (secondary N) is 2. The summed E-state index contributed by atoms with van der Waals surface area (Å²) in [6.45, 7) is 7.71. The molecule has 0 fully saturated rings. The molecule has 5 nitrogen and oxygen atoms in total. The number of unbranched alkanes of at least 4 members (excludes halogenated alkanes) is 2. The largest absolute Gasteiger partial charge is 0.506 e. The third-order valence-electron chi connectivity index (χ3n) is 3.91. The fourth-order valence-corrected chi connectivity index (χ4v) is 2.41. The predicted molar refractivity (Wildman–Crippen MR) is 106 cm³/mol. The normalized spacial score (nSPS) is 10.3. The minimum atomic E-state index is -0.329. The number of urea groups is 1. The van der Waals surface area contributed by atoms with Gasteiger partial charge in [-0.3, -0.25) is 0 Å². The van der Waals surface area contributed by atoms with E-state index in [0.717, 1.165) is 31.6 Å². The van der Waals surface area contributed by atoms with Crippen LogP contribution in [0.15, 0.2) is 18.2 Å². The lowest BCUT2D eigenvalue weighted by atomic mass is 10.1. The Morgan fingerprint density at radius 1 is 1.12 bits per heavy atom. The van der Waals surface area contributed by atoms with Crippen molar-refractivity contribution in [3.05, 3.63) is 23.8 Å². The zero-order chi connectivity index (χ0) is 17.1. The Morgan fingerprint density at radius 2 is 1.75 bits per heavy atom. The van der Waals surface area contributed by atoms with E-state index in [9.17, 15) is 9.90 Å². The van der Waals surface area contributed by atoms with E-state index in [4.69, 9.17) is 0 Å². The first-order valence-electron chi connectivity index (χ1n) is 8.63. The van der Waals surface area contributed by atoms with Gasteiger partial charge in [-0.05, 0) is 50.0 Å². The van der Waals surface area contributed by atoms with E-state index in [1.807, 2.05) is 12.1 Å². The van der Waals surface area contributed by atoms with Crippen molar-refractivity contribution in [2.45, 2.75) is 46.0 Å². The van der Waals surface area contributed by atoms with Crippen LogP contribution in [0.1, 0.15) is 45.1 Å². The number of phenols is 1. The van der Waals surface area contributed by atoms with E-state index in [1.54, 1.807) is 13.1 Å². The Bertz CT molecular complexity index is 475. The number of rotatable bonds is 10. The second-order valence-corrected chi connectivity index (χ2v) is 5.85. The molecule has 6 heteroatoms. The molecule has 1 aromatic rings. The van der Waals surface area contributed by atoms with Crippen molar-refractivity contribution in [2.24, 2.45) is 0 Å². The van der Waals surface area contributed by atoms with Gasteiger partial charge in [0.05, 0.1) is 5.69 Å². The Kier molecular flexibility index (Phi) is 12.4. The summed E-state index contributed by atoms with van der Waals surface area (Å²) < 4.78 is 0. The molecule has 0 radical (unpaired) electrons. The summed E-state index contributed by atoms with van der Waals surface area (Å²) in [7, 11) is 1.55. The van der Waals surface area contributed by atoms with Gasteiger partial charge < -0.3 is 20.6 Å². The Morgan fingerprint density at radius 3 is 2.29 bits per heavy atom. The number of amides is 2. The molecule has 1 aromatic carbocycles. The number of aromatic hydroxyl groups is 1. The highest BCUT2D eigenvalue weighted by Crippen LogP contribution is 2.24. The molecular formula is C18H32BrN3O2. The summed E-state index contributed by atoms with van der Waals surface area (Å²) >= 11 is 0. The van der Waals surface area contributed by atoms with Gasteiger partial charge in [-0.2, -0.15) is 0 Å². The predicted octanol–water partition coefficient (Wildman–Crippen LogP) is 4.17. The monoisotopic (exact) mass is 401 g/mol. The molecule has 0 aromatic heterocycles. The quantitative estimate of drug-likeness (QED) is 0.515. The number of halogens is 1. The number of phenolic OH excluding ortho intramolecular Hbond substituents is 1. The van der Waals surface area contributed by atoms with Crippen molar-refractivity contribution < 1.29 is 9.90 Å². The van der Waals surface area contributed by atoms with Gasteiger partial charge >= 0.3 is 6.03 Å². The van der Waals surface area contributed by atoms with Crippen LogP contribution in [0, 0.1) is 0 Å². The molecule has 138 valence electrons. The van der Waals surface area contributed by atoms with Gasteiger partial charge in [0, 0.05) is 13.6 Å². The first-order valence-corrected chi connectivity index (χ1v) is 8.63. The molecule has 0 aliphatic heterocycles. The van der Waals surface area contributed by atoms with E-state index in [-0.39, 0.29) is 28.8 Å². The van der Waals surface area contributed by atoms with Gasteiger partial charge in [0.1, 0.15) is 5.75 Å². The summed E-state index contributed by atoms with van der Waals surface area (Å²) in [4.78, 5) is 13.9. The van der Waals surface area contributed by atoms with Crippen molar-refractivity contribution >= 4 is 28.7 Å². The highest BCUT2D eigenvalue weighted by atomic mass is 79.9. The van der Waals surface area contributed by atoms with E-state index in [2.05, 4.69) is 29.4 Å². The van der Waals surface area contributed by atoms with Crippen LogP contribution in [0.4, 0.5) is 10.5 Å². The molecule has 3 N–H and O–H groups in total. The zero-order valence-corrected chi connectivity index (χ0v) is 16.8. The van der Waals surface area contributed by atoms with Crippen LogP contribution in [-0.2, 0) is 6.42 Å². The minimum Gasteiger partial charge on any atom is -0.506 e. The van der Waals surface area contributed by atoms with Crippen LogP contribution in [0.2, 0.25) is 0 Å². The molecule has 24 heavy (non-hydrogen) atoms. The van der Waals surface area contributed by atoms with Crippen LogP contribution in [-0.4, -0.2) is 42.7 Å². The molecule has 0 aliphatic rings. The Balaban J connectivity index is 0.00000529. The van der Waals surface area contributed by atoms with E-state index >= 15 is 0 Å². The van der Waals surface area contributed by atoms with Gasteiger partial charge in [0.15, 0.2) is 0 Å². The molecule has 0 atom stereocenters. The Labute approximate surface area is 156 Å². The van der Waals surface area contributed by atoms with Gasteiger partial charge in [0.25, 0.3) is 0 Å². The van der Waals surface area contributed by atoms with Crippen molar-refractivity contribution in [3.63, 3.8) is 0 Å². The number of hydrogen-bond donors (Lipinski definition) is 3. The van der Waals surface area contributed by atoms with Crippen LogP contribution in [0.25, 0.3) is 0 Å². The standard InChI is InChI=1S/C18H31N3O2.BrH/c1-4-6-11-21(12-7-5-2)13-10-15-8-9-17(22)16(14-15)20-18(23)19-3;/h8-9,14,22H,4-7,10-13H2,1-3H3,(H2,19,20,23);1H. The fraction of sp³-hybridized carbons (Fsp3) is 0.611. The van der Waals surface area contributed by atoms with E-state index in [0.29, 0.717) is 5.69 Å². The van der Waals surface area contributed by atoms with Crippen LogP contribution in [0.3, 0.4) is 0 Å². The second-order valence-electron chi connectivity index (χ2n) is 5.85. The lowest BCUT2D eigenvalue weighted by Gasteiger charge is -2.22. The second kappa shape index (κ2) is 13.1. The lowest BCUT2D eigenvalue weighted by Crippen LogP contribution is -2.28. The average Bonchev–Trinajstić information content (AvgIpc) is 2.56. The summed E-state index contributed by atoms with van der Waals surface area (Å²) in [5.74, 6) is 0.0890. The lowest BCUT2D eigenvalue weighted by molar-refractivity contribution is 0.254. The van der Waals surface area contributed by atoms with Crippen molar-refractivity contribution in [1.82, 2.24) is 10.2 Å². The van der Waals surface area contributed by atoms with Crippen molar-refractivity contribution in [3.8, 4) is 5.75 Å². The average molecular weight is 402 g/mol. The van der Waals surface area contributed by atoms with Crippen LogP contribution in [0.5, 0.6) is 5.75 Å². The summed E-state index contributed by atoms with van der Waals surface area (Å²) in [5.41, 5.74) is 1.57. The van der Waals surface area contributed by atoms with Gasteiger partial charge in [0.2, 0.25) is 0 Å². The number of nitrogens with zero attached hydrogens (tertiary/aromatic N) is 1. The zero-order valence-electron chi connectivity index (χ0n) is 15.1. The number of benzene rings is 1. The fourth-order valence-electron chi connectivity index (χ4n) is 2.41. The van der Waals surface area contributed by atoms with Crippen molar-refractivity contribution in [1.29, 1.82) is 0 Å². The topological polar surface area (TPSA) is 64.6 Å². The van der Waals surface area contributed by atoms with Crippen LogP contribution >= 0.6 is 17.0 Å². The SMILES string of the molecule is Br.CCCCN(CCCC)CCc1ccc(O)c(NC(=O)NC)c1.